The predicted octanol–water partition coefficient (Wildman–Crippen LogP) is 4.38. The third-order valence-corrected chi connectivity index (χ3v) is 6.82. The molecule has 0 spiro atoms. The summed E-state index contributed by atoms with van der Waals surface area (Å²) in [5.41, 5.74) is 0.310. The molecule has 3 rings (SSSR count). The van der Waals surface area contributed by atoms with E-state index in [1.54, 1.807) is 0 Å². The summed E-state index contributed by atoms with van der Waals surface area (Å²) >= 11 is 3.23. The number of carbonyl (C=O) groups excluding carboxylic acids is 1. The zero-order valence-electron chi connectivity index (χ0n) is 14.9. The van der Waals surface area contributed by atoms with Crippen LogP contribution in [0.25, 0.3) is 0 Å². The van der Waals surface area contributed by atoms with E-state index in [0.29, 0.717) is 17.6 Å². The van der Waals surface area contributed by atoms with Crippen molar-refractivity contribution in [3.8, 4) is 5.75 Å². The molecule has 0 atom stereocenters. The van der Waals surface area contributed by atoms with Crippen LogP contribution < -0.4 is 10.1 Å². The first-order chi connectivity index (χ1) is 13.6. The summed E-state index contributed by atoms with van der Waals surface area (Å²) in [4.78, 5) is 12.6. The lowest BCUT2D eigenvalue weighted by Gasteiger charge is -2.16. The monoisotopic (exact) mass is 492 g/mol. The van der Waals surface area contributed by atoms with Crippen molar-refractivity contribution in [2.45, 2.75) is 24.1 Å². The van der Waals surface area contributed by atoms with Crippen molar-refractivity contribution in [2.24, 2.45) is 0 Å². The first-order valence-electron chi connectivity index (χ1n) is 8.53. The number of nitrogens with zero attached hydrogens (tertiary/aromatic N) is 1. The summed E-state index contributed by atoms with van der Waals surface area (Å²) in [5, 5.41) is 2.52. The number of rotatable bonds is 5. The Labute approximate surface area is 173 Å². The third-order valence-electron chi connectivity index (χ3n) is 4.23. The molecule has 6 nitrogen and oxygen atoms in total. The SMILES string of the molecule is O=C(Nc1ccc(OC(F)(F)F)cc1)c1cc(S(=O)(=O)N2CCCC2)ccc1Br. The van der Waals surface area contributed by atoms with Crippen LogP contribution in [0.15, 0.2) is 51.8 Å². The van der Waals surface area contributed by atoms with Crippen LogP contribution in [0.2, 0.25) is 0 Å². The fraction of sp³-hybridized carbons (Fsp3) is 0.278. The number of amides is 1. The Bertz CT molecular complexity index is 1000. The van der Waals surface area contributed by atoms with E-state index in [4.69, 9.17) is 0 Å². The second kappa shape index (κ2) is 8.33. The third kappa shape index (κ3) is 5.28. The van der Waals surface area contributed by atoms with Crippen LogP contribution in [0.3, 0.4) is 0 Å². The van der Waals surface area contributed by atoms with Gasteiger partial charge < -0.3 is 10.1 Å². The molecule has 0 unspecified atom stereocenters. The zero-order valence-corrected chi connectivity index (χ0v) is 17.3. The zero-order chi connectivity index (χ0) is 21.2. The predicted molar refractivity (Wildman–Crippen MR) is 103 cm³/mol. The van der Waals surface area contributed by atoms with Crippen LogP contribution in [0, 0.1) is 0 Å². The van der Waals surface area contributed by atoms with Crippen molar-refractivity contribution >= 4 is 37.5 Å². The molecular weight excluding hydrogens is 477 g/mol. The van der Waals surface area contributed by atoms with Gasteiger partial charge in [-0.25, -0.2) is 8.42 Å². The maximum atomic E-state index is 12.7. The molecule has 156 valence electrons. The van der Waals surface area contributed by atoms with Gasteiger partial charge in [-0.2, -0.15) is 4.31 Å². The summed E-state index contributed by atoms with van der Waals surface area (Å²) in [6, 6.07) is 8.78. The van der Waals surface area contributed by atoms with Gasteiger partial charge in [-0.15, -0.1) is 13.2 Å². The maximum Gasteiger partial charge on any atom is 0.573 e. The molecule has 1 heterocycles. The largest absolute Gasteiger partial charge is 0.573 e. The van der Waals surface area contributed by atoms with Crippen molar-refractivity contribution < 1.29 is 31.1 Å². The molecule has 1 aliphatic heterocycles. The van der Waals surface area contributed by atoms with Crippen molar-refractivity contribution in [1.82, 2.24) is 4.31 Å². The van der Waals surface area contributed by atoms with Crippen LogP contribution in [0.5, 0.6) is 5.75 Å². The molecule has 29 heavy (non-hydrogen) atoms. The normalized spacial score (nSPS) is 15.3. The first kappa shape index (κ1) is 21.6. The molecular formula is C18H16BrF3N2O4S. The van der Waals surface area contributed by atoms with Gasteiger partial charge in [0.05, 0.1) is 10.5 Å². The second-order valence-corrected chi connectivity index (χ2v) is 9.07. The molecule has 0 bridgehead atoms. The molecule has 1 aliphatic rings. The van der Waals surface area contributed by atoms with E-state index in [9.17, 15) is 26.4 Å². The maximum absolute atomic E-state index is 12.7. The summed E-state index contributed by atoms with van der Waals surface area (Å²) < 4.78 is 67.6. The Kier molecular flexibility index (Phi) is 6.20. The highest BCUT2D eigenvalue weighted by Crippen LogP contribution is 2.27. The number of carbonyl (C=O) groups is 1. The number of nitrogens with one attached hydrogen (secondary N) is 1. The molecule has 0 saturated carbocycles. The molecule has 1 amide bonds. The average molecular weight is 493 g/mol. The Hall–Kier alpha value is -2.11. The molecule has 2 aromatic rings. The molecule has 0 aliphatic carbocycles. The van der Waals surface area contributed by atoms with Crippen molar-refractivity contribution in [1.29, 1.82) is 0 Å². The molecule has 2 aromatic carbocycles. The summed E-state index contributed by atoms with van der Waals surface area (Å²) in [6.07, 6.45) is -3.23. The van der Waals surface area contributed by atoms with Crippen molar-refractivity contribution in [2.75, 3.05) is 18.4 Å². The van der Waals surface area contributed by atoms with Crippen LogP contribution >= 0.6 is 15.9 Å². The number of hydrogen-bond acceptors (Lipinski definition) is 4. The van der Waals surface area contributed by atoms with E-state index >= 15 is 0 Å². The molecule has 1 saturated heterocycles. The minimum atomic E-state index is -4.81. The number of alkyl halides is 3. The number of ether oxygens (including phenoxy) is 1. The number of halogens is 4. The van der Waals surface area contributed by atoms with E-state index in [1.807, 2.05) is 0 Å². The van der Waals surface area contributed by atoms with Crippen molar-refractivity contribution in [3.05, 3.63) is 52.5 Å². The average Bonchev–Trinajstić information content (AvgIpc) is 3.18. The highest BCUT2D eigenvalue weighted by molar-refractivity contribution is 9.10. The van der Waals surface area contributed by atoms with Crippen LogP contribution in [0.1, 0.15) is 23.2 Å². The Morgan fingerprint density at radius 2 is 1.69 bits per heavy atom. The molecule has 11 heteroatoms. The van der Waals surface area contributed by atoms with Gasteiger partial charge in [-0.3, -0.25) is 4.79 Å². The van der Waals surface area contributed by atoms with Gasteiger partial charge in [-0.05, 0) is 71.2 Å². The Morgan fingerprint density at radius 1 is 1.07 bits per heavy atom. The number of anilines is 1. The summed E-state index contributed by atoms with van der Waals surface area (Å²) in [6.45, 7) is 0.874. The Balaban J connectivity index is 1.79. The van der Waals surface area contributed by atoms with Gasteiger partial charge in [0.2, 0.25) is 10.0 Å². The fourth-order valence-electron chi connectivity index (χ4n) is 2.85. The summed E-state index contributed by atoms with van der Waals surface area (Å²) in [5.74, 6) is -1.03. The van der Waals surface area contributed by atoms with E-state index in [1.165, 1.54) is 34.6 Å². The lowest BCUT2D eigenvalue weighted by molar-refractivity contribution is -0.274. The van der Waals surface area contributed by atoms with Gasteiger partial charge in [0.25, 0.3) is 5.91 Å². The molecule has 0 aromatic heterocycles. The van der Waals surface area contributed by atoms with Gasteiger partial charge in [0.1, 0.15) is 5.75 Å². The van der Waals surface area contributed by atoms with Crippen LogP contribution in [0.4, 0.5) is 18.9 Å². The fourth-order valence-corrected chi connectivity index (χ4v) is 4.83. The molecule has 1 fully saturated rings. The van der Waals surface area contributed by atoms with E-state index in [-0.39, 0.29) is 16.1 Å². The van der Waals surface area contributed by atoms with E-state index in [2.05, 4.69) is 26.0 Å². The van der Waals surface area contributed by atoms with Gasteiger partial charge in [0, 0.05) is 23.2 Å². The van der Waals surface area contributed by atoms with Gasteiger partial charge >= 0.3 is 6.36 Å². The summed E-state index contributed by atoms with van der Waals surface area (Å²) in [7, 11) is -3.70. The number of benzene rings is 2. The smallest absolute Gasteiger partial charge is 0.406 e. The minimum Gasteiger partial charge on any atom is -0.406 e. The highest BCUT2D eigenvalue weighted by atomic mass is 79.9. The molecule has 1 N–H and O–H groups in total. The van der Waals surface area contributed by atoms with Crippen LogP contribution in [-0.2, 0) is 10.0 Å². The number of hydrogen-bond donors (Lipinski definition) is 1. The van der Waals surface area contributed by atoms with Crippen molar-refractivity contribution in [3.63, 3.8) is 0 Å². The van der Waals surface area contributed by atoms with Crippen LogP contribution in [-0.4, -0.2) is 38.1 Å². The Morgan fingerprint density at radius 3 is 2.28 bits per heavy atom. The van der Waals surface area contributed by atoms with Gasteiger partial charge in [0.15, 0.2) is 0 Å². The number of sulfonamides is 1. The minimum absolute atomic E-state index is 0.00155. The lowest BCUT2D eigenvalue weighted by atomic mass is 10.2. The highest BCUT2D eigenvalue weighted by Gasteiger charge is 2.31. The molecule has 0 radical (unpaired) electrons. The quantitative estimate of drug-likeness (QED) is 0.671. The lowest BCUT2D eigenvalue weighted by Crippen LogP contribution is -2.28. The first-order valence-corrected chi connectivity index (χ1v) is 10.8. The topological polar surface area (TPSA) is 75.7 Å². The standard InChI is InChI=1S/C18H16BrF3N2O4S/c19-16-8-7-14(29(26,27)24-9-1-2-10-24)11-15(16)17(25)23-12-3-5-13(6-4-12)28-18(20,21)22/h3-8,11H,1-2,9-10H2,(H,23,25). The second-order valence-electron chi connectivity index (χ2n) is 6.28. The van der Waals surface area contributed by atoms with E-state index < -0.39 is 28.0 Å². The van der Waals surface area contributed by atoms with Gasteiger partial charge in [-0.1, -0.05) is 0 Å². The van der Waals surface area contributed by atoms with E-state index in [0.717, 1.165) is 25.0 Å².